The number of pyridine rings is 1. The number of hydrogen-bond donors (Lipinski definition) is 2. The van der Waals surface area contributed by atoms with Crippen molar-refractivity contribution in [2.75, 3.05) is 37.8 Å². The molecule has 0 aliphatic carbocycles. The molecule has 1 aliphatic rings. The maximum atomic E-state index is 14.4. The predicted molar refractivity (Wildman–Crippen MR) is 157 cm³/mol. The average molecular weight is 543 g/mol. The monoisotopic (exact) mass is 542 g/mol. The number of fused-ring (bicyclic) bond motifs is 1. The summed E-state index contributed by atoms with van der Waals surface area (Å²) in [6.45, 7) is 6.45. The summed E-state index contributed by atoms with van der Waals surface area (Å²) in [6.07, 6.45) is 7.36. The smallest absolute Gasteiger partial charge is 0.256 e. The van der Waals surface area contributed by atoms with Crippen LogP contribution < -0.4 is 10.6 Å². The van der Waals surface area contributed by atoms with Crippen LogP contribution in [0.15, 0.2) is 61.1 Å². The molecule has 0 spiro atoms. The third kappa shape index (κ3) is 5.29. The zero-order chi connectivity index (χ0) is 28.4. The molecule has 5 rings (SSSR count). The Balaban J connectivity index is 1.46. The SMILES string of the molecule is CNc1ccc(CN2CCC(c3cn(-c4ccc(F)cc4C(=O)N(C)C(C)C)c4cnccc34)C2)cc1NC=O. The van der Waals surface area contributed by atoms with E-state index in [1.807, 2.05) is 43.7 Å². The predicted octanol–water partition coefficient (Wildman–Crippen LogP) is 5.24. The molecule has 3 heterocycles. The third-order valence-corrected chi connectivity index (χ3v) is 7.87. The van der Waals surface area contributed by atoms with E-state index in [-0.39, 0.29) is 17.9 Å². The number of nitrogens with one attached hydrogen (secondary N) is 2. The summed E-state index contributed by atoms with van der Waals surface area (Å²) in [5.74, 6) is -0.385. The molecule has 2 N–H and O–H groups in total. The van der Waals surface area contributed by atoms with E-state index in [4.69, 9.17) is 0 Å². The molecule has 1 fully saturated rings. The molecule has 208 valence electrons. The van der Waals surface area contributed by atoms with Crippen molar-refractivity contribution in [2.24, 2.45) is 0 Å². The standard InChI is InChI=1S/C31H35FN6O2/c1-20(2)36(4)31(40)25-14-23(32)6-8-29(25)38-18-26(24-9-11-34-15-30(24)38)22-10-12-37(17-22)16-21-5-7-27(33-3)28(13-21)35-19-39/h5-9,11,13-15,18-20,22,33H,10,12,16-17H2,1-4H3,(H,35,39). The zero-order valence-electron chi connectivity index (χ0n) is 23.3. The van der Waals surface area contributed by atoms with Crippen LogP contribution in [0, 0.1) is 5.82 Å². The van der Waals surface area contributed by atoms with Crippen LogP contribution in [-0.2, 0) is 11.3 Å². The second-order valence-corrected chi connectivity index (χ2v) is 10.6. The van der Waals surface area contributed by atoms with Gasteiger partial charge in [0.15, 0.2) is 0 Å². The molecule has 9 heteroatoms. The highest BCUT2D eigenvalue weighted by atomic mass is 19.1. The first-order chi connectivity index (χ1) is 19.3. The van der Waals surface area contributed by atoms with Crippen molar-refractivity contribution in [3.63, 3.8) is 0 Å². The fourth-order valence-corrected chi connectivity index (χ4v) is 5.52. The van der Waals surface area contributed by atoms with Crippen LogP contribution in [0.4, 0.5) is 15.8 Å². The van der Waals surface area contributed by atoms with Gasteiger partial charge in [0.25, 0.3) is 5.91 Å². The fourth-order valence-electron chi connectivity index (χ4n) is 5.52. The Morgan fingerprint density at radius 3 is 2.77 bits per heavy atom. The maximum Gasteiger partial charge on any atom is 0.256 e. The molecule has 2 amide bonds. The van der Waals surface area contributed by atoms with Gasteiger partial charge in [0.2, 0.25) is 6.41 Å². The lowest BCUT2D eigenvalue weighted by atomic mass is 9.98. The topological polar surface area (TPSA) is 82.5 Å². The van der Waals surface area contributed by atoms with E-state index in [1.54, 1.807) is 30.4 Å². The van der Waals surface area contributed by atoms with E-state index in [9.17, 15) is 14.0 Å². The quantitative estimate of drug-likeness (QED) is 0.283. The lowest BCUT2D eigenvalue weighted by Gasteiger charge is -2.23. The van der Waals surface area contributed by atoms with Gasteiger partial charge in [0.05, 0.1) is 34.3 Å². The number of rotatable bonds is 9. The zero-order valence-corrected chi connectivity index (χ0v) is 23.3. The molecule has 8 nitrogen and oxygen atoms in total. The molecular formula is C31H35FN6O2. The van der Waals surface area contributed by atoms with Crippen LogP contribution in [0.3, 0.4) is 0 Å². The first-order valence-corrected chi connectivity index (χ1v) is 13.6. The Morgan fingerprint density at radius 2 is 2.02 bits per heavy atom. The first kappa shape index (κ1) is 27.3. The number of halogens is 1. The second-order valence-electron chi connectivity index (χ2n) is 10.6. The van der Waals surface area contributed by atoms with Crippen molar-refractivity contribution in [2.45, 2.75) is 38.8 Å². The van der Waals surface area contributed by atoms with E-state index in [0.29, 0.717) is 17.7 Å². The largest absolute Gasteiger partial charge is 0.386 e. The number of anilines is 2. The minimum absolute atomic E-state index is 0.0218. The summed E-state index contributed by atoms with van der Waals surface area (Å²) >= 11 is 0. The molecule has 1 saturated heterocycles. The number of amides is 2. The molecule has 0 saturated carbocycles. The van der Waals surface area contributed by atoms with Gasteiger partial charge in [-0.2, -0.15) is 0 Å². The Hall–Kier alpha value is -4.24. The number of carbonyl (C=O) groups excluding carboxylic acids is 2. The highest BCUT2D eigenvalue weighted by molar-refractivity contribution is 5.99. The van der Waals surface area contributed by atoms with E-state index in [0.717, 1.165) is 53.9 Å². The van der Waals surface area contributed by atoms with Crippen molar-refractivity contribution in [1.82, 2.24) is 19.4 Å². The average Bonchev–Trinajstić information content (AvgIpc) is 3.57. The van der Waals surface area contributed by atoms with Gasteiger partial charge in [-0.05, 0) is 80.3 Å². The van der Waals surface area contributed by atoms with E-state index >= 15 is 0 Å². The molecule has 2 aromatic carbocycles. The molecule has 1 atom stereocenters. The molecule has 2 aromatic heterocycles. The van der Waals surface area contributed by atoms with E-state index in [2.05, 4.69) is 32.8 Å². The molecule has 0 bridgehead atoms. The Morgan fingerprint density at radius 1 is 1.20 bits per heavy atom. The van der Waals surface area contributed by atoms with Crippen LogP contribution in [0.2, 0.25) is 0 Å². The number of hydrogen-bond acceptors (Lipinski definition) is 5. The van der Waals surface area contributed by atoms with Crippen LogP contribution in [0.1, 0.15) is 47.7 Å². The van der Waals surface area contributed by atoms with Crippen molar-refractivity contribution < 1.29 is 14.0 Å². The van der Waals surface area contributed by atoms with Gasteiger partial charge in [0, 0.05) is 51.0 Å². The lowest BCUT2D eigenvalue weighted by molar-refractivity contribution is -0.105. The number of benzene rings is 2. The summed E-state index contributed by atoms with van der Waals surface area (Å²) < 4.78 is 16.3. The summed E-state index contributed by atoms with van der Waals surface area (Å²) in [6, 6.07) is 12.5. The first-order valence-electron chi connectivity index (χ1n) is 13.6. The normalized spacial score (nSPS) is 15.5. The highest BCUT2D eigenvalue weighted by Crippen LogP contribution is 2.36. The minimum atomic E-state index is -0.445. The van der Waals surface area contributed by atoms with Crippen LogP contribution >= 0.6 is 0 Å². The molecule has 1 aliphatic heterocycles. The number of carbonyl (C=O) groups is 2. The van der Waals surface area contributed by atoms with Crippen LogP contribution in [0.5, 0.6) is 0 Å². The molecule has 4 aromatic rings. The summed E-state index contributed by atoms with van der Waals surface area (Å²) in [4.78, 5) is 32.8. The van der Waals surface area contributed by atoms with Gasteiger partial charge in [-0.25, -0.2) is 4.39 Å². The summed E-state index contributed by atoms with van der Waals surface area (Å²) in [5.41, 5.74) is 5.78. The number of nitrogens with zero attached hydrogens (tertiary/aromatic N) is 4. The van der Waals surface area contributed by atoms with Crippen LogP contribution in [-0.4, -0.2) is 64.9 Å². The van der Waals surface area contributed by atoms with Gasteiger partial charge < -0.3 is 20.1 Å². The van der Waals surface area contributed by atoms with Gasteiger partial charge in [-0.1, -0.05) is 6.07 Å². The van der Waals surface area contributed by atoms with Gasteiger partial charge >= 0.3 is 0 Å². The molecule has 40 heavy (non-hydrogen) atoms. The van der Waals surface area contributed by atoms with E-state index in [1.165, 1.54) is 17.7 Å². The molecular weight excluding hydrogens is 507 g/mol. The van der Waals surface area contributed by atoms with Crippen molar-refractivity contribution in [1.29, 1.82) is 0 Å². The Bertz CT molecular complexity index is 1550. The number of likely N-dealkylation sites (tertiary alicyclic amines) is 1. The van der Waals surface area contributed by atoms with Gasteiger partial charge in [-0.15, -0.1) is 0 Å². The highest BCUT2D eigenvalue weighted by Gasteiger charge is 2.28. The fraction of sp³-hybridized carbons (Fsp3) is 0.323. The second kappa shape index (κ2) is 11.5. The lowest BCUT2D eigenvalue weighted by Crippen LogP contribution is -2.33. The maximum absolute atomic E-state index is 14.4. The summed E-state index contributed by atoms with van der Waals surface area (Å²) in [7, 11) is 3.56. The van der Waals surface area contributed by atoms with Crippen molar-refractivity contribution in [3.05, 3.63) is 83.6 Å². The minimum Gasteiger partial charge on any atom is -0.386 e. The number of aromatic nitrogens is 2. The molecule has 1 unspecified atom stereocenters. The van der Waals surface area contributed by atoms with Gasteiger partial charge in [0.1, 0.15) is 5.82 Å². The molecule has 0 radical (unpaired) electrons. The van der Waals surface area contributed by atoms with Crippen molar-refractivity contribution in [3.8, 4) is 5.69 Å². The Kier molecular flexibility index (Phi) is 7.84. The van der Waals surface area contributed by atoms with E-state index < -0.39 is 5.82 Å². The van der Waals surface area contributed by atoms with Crippen LogP contribution in [0.25, 0.3) is 16.6 Å². The van der Waals surface area contributed by atoms with Gasteiger partial charge in [-0.3, -0.25) is 19.5 Å². The Labute approximate surface area is 233 Å². The summed E-state index contributed by atoms with van der Waals surface area (Å²) in [5, 5.41) is 6.96. The van der Waals surface area contributed by atoms with Crippen molar-refractivity contribution >= 4 is 34.6 Å². The third-order valence-electron chi connectivity index (χ3n) is 7.87.